The Bertz CT molecular complexity index is 536. The molecule has 0 aromatic heterocycles. The fourth-order valence-corrected chi connectivity index (χ4v) is 2.04. The van der Waals surface area contributed by atoms with Crippen molar-refractivity contribution in [1.29, 1.82) is 5.26 Å². The van der Waals surface area contributed by atoms with E-state index in [9.17, 15) is 15.3 Å². The van der Waals surface area contributed by atoms with Crippen LogP contribution in [0.15, 0.2) is 30.3 Å². The highest BCUT2D eigenvalue weighted by atomic mass is 16.7. The molecule has 0 saturated carbocycles. The number of nitriles is 1. The molecule has 1 saturated heterocycles. The van der Waals surface area contributed by atoms with Crippen molar-refractivity contribution in [3.8, 4) is 11.8 Å². The van der Waals surface area contributed by atoms with E-state index >= 15 is 0 Å². The van der Waals surface area contributed by atoms with Crippen LogP contribution < -0.4 is 4.74 Å². The second-order valence-electron chi connectivity index (χ2n) is 4.83. The molecule has 0 spiro atoms. The van der Waals surface area contributed by atoms with Gasteiger partial charge in [0.05, 0.1) is 12.2 Å². The molecule has 0 amide bonds. The topological polar surface area (TPSA) is 103 Å². The Morgan fingerprint density at radius 3 is 2.43 bits per heavy atom. The first kappa shape index (κ1) is 15.5. The lowest BCUT2D eigenvalue weighted by atomic mass is 10.00. The summed E-state index contributed by atoms with van der Waals surface area (Å²) in [5.41, 5.74) is 0.831. The molecule has 0 radical (unpaired) electrons. The predicted octanol–water partition coefficient (Wildman–Crippen LogP) is 0.430. The number of aliphatic hydroxyl groups is 3. The fourth-order valence-electron chi connectivity index (χ4n) is 2.04. The third-order valence-corrected chi connectivity index (χ3v) is 3.29. The first-order chi connectivity index (χ1) is 10.0. The van der Waals surface area contributed by atoms with Crippen LogP contribution in [0.5, 0.6) is 5.75 Å². The summed E-state index contributed by atoms with van der Waals surface area (Å²) in [5.74, 6) is 0.448. The molecule has 1 aliphatic heterocycles. The zero-order chi connectivity index (χ0) is 15.4. The second-order valence-corrected chi connectivity index (χ2v) is 4.83. The molecule has 21 heavy (non-hydrogen) atoms. The maximum absolute atomic E-state index is 9.85. The standard InChI is InChI=1S/C15H17NO5/c1-9-12(17)13(18)14(19)15(20-9)21-11-6-4-10(5-7-11)3-2-8-16/h2-7,9,12-15,17-19H,1H3/b3-2+. The van der Waals surface area contributed by atoms with Crippen LogP contribution in [0.4, 0.5) is 0 Å². The molecular weight excluding hydrogens is 274 g/mol. The van der Waals surface area contributed by atoms with Crippen molar-refractivity contribution in [3.63, 3.8) is 0 Å². The number of hydrogen-bond donors (Lipinski definition) is 3. The minimum Gasteiger partial charge on any atom is -0.462 e. The molecule has 1 aromatic carbocycles. The molecule has 3 N–H and O–H groups in total. The van der Waals surface area contributed by atoms with Crippen LogP contribution in [0.2, 0.25) is 0 Å². The van der Waals surface area contributed by atoms with Gasteiger partial charge in [-0.25, -0.2) is 0 Å². The van der Waals surface area contributed by atoms with Crippen LogP contribution in [-0.4, -0.2) is 46.0 Å². The molecule has 6 heteroatoms. The first-order valence-corrected chi connectivity index (χ1v) is 6.55. The van der Waals surface area contributed by atoms with Crippen molar-refractivity contribution in [2.45, 2.75) is 37.6 Å². The summed E-state index contributed by atoms with van der Waals surface area (Å²) in [5, 5.41) is 37.6. The van der Waals surface area contributed by atoms with Crippen LogP contribution in [0.3, 0.4) is 0 Å². The zero-order valence-electron chi connectivity index (χ0n) is 11.5. The Labute approximate surface area is 122 Å². The number of aliphatic hydroxyl groups excluding tert-OH is 3. The van der Waals surface area contributed by atoms with Gasteiger partial charge in [0, 0.05) is 6.08 Å². The summed E-state index contributed by atoms with van der Waals surface area (Å²) in [7, 11) is 0. The molecule has 2 rings (SSSR count). The minimum absolute atomic E-state index is 0.448. The van der Waals surface area contributed by atoms with E-state index in [1.807, 2.05) is 6.07 Å². The van der Waals surface area contributed by atoms with Gasteiger partial charge in [-0.3, -0.25) is 0 Å². The van der Waals surface area contributed by atoms with Crippen molar-refractivity contribution in [2.75, 3.05) is 0 Å². The number of rotatable bonds is 3. The van der Waals surface area contributed by atoms with E-state index in [4.69, 9.17) is 14.7 Å². The highest BCUT2D eigenvalue weighted by molar-refractivity contribution is 5.52. The lowest BCUT2D eigenvalue weighted by Crippen LogP contribution is -2.58. The number of allylic oxidation sites excluding steroid dienone is 1. The SMILES string of the molecule is CC1OC(Oc2ccc(/C=C/C#N)cc2)C(O)C(O)C1O. The van der Waals surface area contributed by atoms with E-state index in [1.165, 1.54) is 6.08 Å². The molecule has 0 bridgehead atoms. The van der Waals surface area contributed by atoms with Gasteiger partial charge in [0.15, 0.2) is 0 Å². The molecule has 6 nitrogen and oxygen atoms in total. The normalized spacial score (nSPS) is 32.8. The maximum Gasteiger partial charge on any atom is 0.229 e. The lowest BCUT2D eigenvalue weighted by Gasteiger charge is -2.38. The molecular formula is C15H17NO5. The smallest absolute Gasteiger partial charge is 0.229 e. The van der Waals surface area contributed by atoms with Gasteiger partial charge in [-0.1, -0.05) is 12.1 Å². The summed E-state index contributed by atoms with van der Waals surface area (Å²) in [4.78, 5) is 0. The Morgan fingerprint density at radius 2 is 1.81 bits per heavy atom. The average Bonchev–Trinajstić information content (AvgIpc) is 2.50. The number of hydrogen-bond acceptors (Lipinski definition) is 6. The van der Waals surface area contributed by atoms with Gasteiger partial charge in [0.2, 0.25) is 6.29 Å². The maximum atomic E-state index is 9.85. The third-order valence-electron chi connectivity index (χ3n) is 3.29. The monoisotopic (exact) mass is 291 g/mol. The quantitative estimate of drug-likeness (QED) is 0.698. The molecule has 1 aromatic rings. The van der Waals surface area contributed by atoms with Gasteiger partial charge in [-0.15, -0.1) is 0 Å². The summed E-state index contributed by atoms with van der Waals surface area (Å²) in [6.07, 6.45) is -2.50. The Balaban J connectivity index is 2.04. The van der Waals surface area contributed by atoms with Crippen LogP contribution >= 0.6 is 0 Å². The lowest BCUT2D eigenvalue weighted by molar-refractivity contribution is -0.268. The third kappa shape index (κ3) is 3.60. The van der Waals surface area contributed by atoms with Crippen LogP contribution in [0.1, 0.15) is 12.5 Å². The van der Waals surface area contributed by atoms with Gasteiger partial charge in [0.25, 0.3) is 0 Å². The average molecular weight is 291 g/mol. The van der Waals surface area contributed by atoms with Gasteiger partial charge in [0.1, 0.15) is 24.1 Å². The fraction of sp³-hybridized carbons (Fsp3) is 0.400. The Morgan fingerprint density at radius 1 is 1.14 bits per heavy atom. The highest BCUT2D eigenvalue weighted by Gasteiger charge is 2.43. The van der Waals surface area contributed by atoms with Crippen molar-refractivity contribution >= 4 is 6.08 Å². The van der Waals surface area contributed by atoms with Gasteiger partial charge < -0.3 is 24.8 Å². The second kappa shape index (κ2) is 6.70. The minimum atomic E-state index is -1.34. The molecule has 1 aliphatic rings. The number of benzene rings is 1. The summed E-state index contributed by atoms with van der Waals surface area (Å²) in [6.45, 7) is 1.59. The van der Waals surface area contributed by atoms with E-state index in [-0.39, 0.29) is 0 Å². The van der Waals surface area contributed by atoms with E-state index in [0.29, 0.717) is 5.75 Å². The summed E-state index contributed by atoms with van der Waals surface area (Å²) >= 11 is 0. The molecule has 1 fully saturated rings. The molecule has 112 valence electrons. The Hall–Kier alpha value is -1.91. The van der Waals surface area contributed by atoms with Crippen molar-refractivity contribution in [1.82, 2.24) is 0 Å². The Kier molecular flexibility index (Phi) is 4.94. The highest BCUT2D eigenvalue weighted by Crippen LogP contribution is 2.24. The summed E-state index contributed by atoms with van der Waals surface area (Å²) < 4.78 is 10.8. The molecule has 5 unspecified atom stereocenters. The number of nitrogens with zero attached hydrogens (tertiary/aromatic N) is 1. The van der Waals surface area contributed by atoms with E-state index < -0.39 is 30.7 Å². The van der Waals surface area contributed by atoms with Gasteiger partial charge in [-0.2, -0.15) is 5.26 Å². The van der Waals surface area contributed by atoms with Crippen LogP contribution in [-0.2, 0) is 4.74 Å². The zero-order valence-corrected chi connectivity index (χ0v) is 11.5. The van der Waals surface area contributed by atoms with Crippen molar-refractivity contribution in [2.24, 2.45) is 0 Å². The molecule has 5 atom stereocenters. The largest absolute Gasteiger partial charge is 0.462 e. The molecule has 0 aliphatic carbocycles. The predicted molar refractivity (Wildman–Crippen MR) is 74.1 cm³/mol. The van der Waals surface area contributed by atoms with Gasteiger partial charge in [-0.05, 0) is 30.7 Å². The van der Waals surface area contributed by atoms with E-state index in [1.54, 1.807) is 37.3 Å². The molecule has 1 heterocycles. The van der Waals surface area contributed by atoms with Crippen LogP contribution in [0, 0.1) is 11.3 Å². The summed E-state index contributed by atoms with van der Waals surface area (Å²) in [6, 6.07) is 8.71. The van der Waals surface area contributed by atoms with E-state index in [0.717, 1.165) is 5.56 Å². The van der Waals surface area contributed by atoms with Crippen molar-refractivity contribution in [3.05, 3.63) is 35.9 Å². The van der Waals surface area contributed by atoms with Crippen LogP contribution in [0.25, 0.3) is 6.08 Å². The first-order valence-electron chi connectivity index (χ1n) is 6.55. The number of ether oxygens (including phenoxy) is 2. The van der Waals surface area contributed by atoms with Crippen molar-refractivity contribution < 1.29 is 24.8 Å². The van der Waals surface area contributed by atoms with E-state index in [2.05, 4.69) is 0 Å². The van der Waals surface area contributed by atoms with Gasteiger partial charge >= 0.3 is 0 Å².